The van der Waals surface area contributed by atoms with Crippen LogP contribution in [-0.2, 0) is 20.7 Å². The van der Waals surface area contributed by atoms with Crippen molar-refractivity contribution in [2.45, 2.75) is 6.42 Å². The number of imide groups is 2. The predicted octanol–water partition coefficient (Wildman–Crippen LogP) is 4.53. The summed E-state index contributed by atoms with van der Waals surface area (Å²) in [7, 11) is 2.67. The topological polar surface area (TPSA) is 102 Å². The van der Waals surface area contributed by atoms with Crippen LogP contribution in [0.2, 0.25) is 5.02 Å². The van der Waals surface area contributed by atoms with Crippen LogP contribution in [0.1, 0.15) is 27.0 Å². The van der Waals surface area contributed by atoms with Crippen LogP contribution >= 0.6 is 11.6 Å². The maximum atomic E-state index is 13.6. The van der Waals surface area contributed by atoms with E-state index in [1.165, 1.54) is 62.8 Å². The first-order valence-electron chi connectivity index (χ1n) is 10.9. The SMILES string of the molecule is COC(=O)c1ccc(N2C(=O)NC(=O)/C(=C\c3cc(Cl)c(Cc4cccc(F)c4)c(OC)c3)C2=O)cc1. The van der Waals surface area contributed by atoms with E-state index in [9.17, 15) is 23.6 Å². The fourth-order valence-electron chi connectivity index (χ4n) is 3.84. The molecule has 0 unspecified atom stereocenters. The van der Waals surface area contributed by atoms with Crippen molar-refractivity contribution in [2.24, 2.45) is 0 Å². The molecule has 0 bridgehead atoms. The van der Waals surface area contributed by atoms with Crippen molar-refractivity contribution in [1.29, 1.82) is 0 Å². The minimum Gasteiger partial charge on any atom is -0.496 e. The lowest BCUT2D eigenvalue weighted by Crippen LogP contribution is -2.54. The molecule has 0 radical (unpaired) electrons. The summed E-state index contributed by atoms with van der Waals surface area (Å²) >= 11 is 6.50. The highest BCUT2D eigenvalue weighted by molar-refractivity contribution is 6.39. The van der Waals surface area contributed by atoms with Gasteiger partial charge >= 0.3 is 12.0 Å². The molecule has 1 heterocycles. The highest BCUT2D eigenvalue weighted by atomic mass is 35.5. The first-order valence-corrected chi connectivity index (χ1v) is 11.3. The molecule has 1 aliphatic heterocycles. The number of carbonyl (C=O) groups is 4. The maximum Gasteiger partial charge on any atom is 0.337 e. The number of rotatable bonds is 6. The zero-order valence-electron chi connectivity index (χ0n) is 19.7. The van der Waals surface area contributed by atoms with Crippen LogP contribution in [0, 0.1) is 5.82 Å². The largest absolute Gasteiger partial charge is 0.496 e. The molecule has 8 nitrogen and oxygen atoms in total. The second-order valence-corrected chi connectivity index (χ2v) is 8.39. The lowest BCUT2D eigenvalue weighted by atomic mass is 10.00. The molecule has 0 aromatic heterocycles. The minimum absolute atomic E-state index is 0.148. The van der Waals surface area contributed by atoms with Gasteiger partial charge in [0.05, 0.1) is 25.5 Å². The molecular formula is C27H20ClFN2O6. The number of ether oxygens (including phenoxy) is 2. The molecule has 1 fully saturated rings. The molecule has 0 spiro atoms. The molecular weight excluding hydrogens is 503 g/mol. The number of esters is 1. The van der Waals surface area contributed by atoms with E-state index in [0.29, 0.717) is 28.9 Å². The van der Waals surface area contributed by atoms with E-state index < -0.39 is 23.8 Å². The molecule has 10 heteroatoms. The van der Waals surface area contributed by atoms with Crippen molar-refractivity contribution in [1.82, 2.24) is 5.32 Å². The fraction of sp³-hybridized carbons (Fsp3) is 0.111. The van der Waals surface area contributed by atoms with Crippen LogP contribution < -0.4 is 15.0 Å². The monoisotopic (exact) mass is 522 g/mol. The number of methoxy groups -OCH3 is 2. The van der Waals surface area contributed by atoms with Crippen molar-refractivity contribution < 1.29 is 33.0 Å². The summed E-state index contributed by atoms with van der Waals surface area (Å²) in [5.41, 5.74) is 1.71. The predicted molar refractivity (Wildman–Crippen MR) is 134 cm³/mol. The quantitative estimate of drug-likeness (QED) is 0.290. The van der Waals surface area contributed by atoms with Gasteiger partial charge in [-0.25, -0.2) is 18.9 Å². The van der Waals surface area contributed by atoms with Crippen molar-refractivity contribution in [3.05, 3.63) is 99.3 Å². The Hall–Kier alpha value is -4.50. The third-order valence-corrected chi connectivity index (χ3v) is 5.96. The molecule has 1 aliphatic rings. The standard InChI is InChI=1S/C27H20ClFN2O6/c1-36-23-14-16(13-22(28)20(23)11-15-4-3-5-18(29)10-15)12-21-24(32)30-27(35)31(25(21)33)19-8-6-17(7-9-19)26(34)37-2/h3-10,12-14H,11H2,1-2H3,(H,30,32,35)/b21-12+. The number of carbonyl (C=O) groups excluding carboxylic acids is 4. The Morgan fingerprint density at radius 1 is 1.05 bits per heavy atom. The van der Waals surface area contributed by atoms with Gasteiger partial charge in [0, 0.05) is 17.0 Å². The first-order chi connectivity index (χ1) is 17.7. The molecule has 0 saturated carbocycles. The summed E-state index contributed by atoms with van der Waals surface area (Å²) in [6.07, 6.45) is 1.58. The van der Waals surface area contributed by atoms with E-state index in [-0.39, 0.29) is 27.7 Å². The number of nitrogens with zero attached hydrogens (tertiary/aromatic N) is 1. The molecule has 4 rings (SSSR count). The minimum atomic E-state index is -0.931. The van der Waals surface area contributed by atoms with Crippen LogP contribution in [0.3, 0.4) is 0 Å². The summed E-state index contributed by atoms with van der Waals surface area (Å²) in [6, 6.07) is 13.8. The lowest BCUT2D eigenvalue weighted by Gasteiger charge is -2.26. The lowest BCUT2D eigenvalue weighted by molar-refractivity contribution is -0.122. The van der Waals surface area contributed by atoms with Gasteiger partial charge in [-0.1, -0.05) is 23.7 Å². The fourth-order valence-corrected chi connectivity index (χ4v) is 4.13. The van der Waals surface area contributed by atoms with E-state index in [4.69, 9.17) is 16.3 Å². The molecule has 188 valence electrons. The van der Waals surface area contributed by atoms with Gasteiger partial charge in [-0.2, -0.15) is 0 Å². The second-order valence-electron chi connectivity index (χ2n) is 7.99. The van der Waals surface area contributed by atoms with Crippen molar-refractivity contribution in [3.8, 4) is 5.75 Å². The number of amides is 4. The number of hydrogen-bond acceptors (Lipinski definition) is 6. The molecule has 3 aromatic carbocycles. The number of hydrogen-bond donors (Lipinski definition) is 1. The summed E-state index contributed by atoms with van der Waals surface area (Å²) in [5, 5.41) is 2.42. The van der Waals surface area contributed by atoms with Gasteiger partial charge in [-0.15, -0.1) is 0 Å². The van der Waals surface area contributed by atoms with Crippen LogP contribution in [0.25, 0.3) is 6.08 Å². The van der Waals surface area contributed by atoms with Gasteiger partial charge in [0.15, 0.2) is 0 Å². The van der Waals surface area contributed by atoms with Gasteiger partial charge in [0.25, 0.3) is 11.8 Å². The Morgan fingerprint density at radius 2 is 1.78 bits per heavy atom. The first kappa shape index (κ1) is 25.6. The van der Waals surface area contributed by atoms with E-state index in [1.807, 2.05) is 0 Å². The molecule has 4 amide bonds. The Kier molecular flexibility index (Phi) is 7.35. The van der Waals surface area contributed by atoms with Crippen molar-refractivity contribution in [2.75, 3.05) is 19.1 Å². The highest BCUT2D eigenvalue weighted by Gasteiger charge is 2.37. The van der Waals surface area contributed by atoms with E-state index >= 15 is 0 Å². The molecule has 1 N–H and O–H groups in total. The normalized spacial score (nSPS) is 14.5. The average molecular weight is 523 g/mol. The molecule has 37 heavy (non-hydrogen) atoms. The third-order valence-electron chi connectivity index (χ3n) is 5.63. The highest BCUT2D eigenvalue weighted by Crippen LogP contribution is 2.32. The second kappa shape index (κ2) is 10.6. The van der Waals surface area contributed by atoms with Crippen LogP contribution in [0.5, 0.6) is 5.75 Å². The molecule has 0 aliphatic carbocycles. The molecule has 0 atom stereocenters. The smallest absolute Gasteiger partial charge is 0.337 e. The van der Waals surface area contributed by atoms with Crippen molar-refractivity contribution in [3.63, 3.8) is 0 Å². The Morgan fingerprint density at radius 3 is 2.43 bits per heavy atom. The average Bonchev–Trinajstić information content (AvgIpc) is 2.87. The Balaban J connectivity index is 1.67. The van der Waals surface area contributed by atoms with Gasteiger partial charge in [-0.05, 0) is 65.7 Å². The van der Waals surface area contributed by atoms with E-state index in [1.54, 1.807) is 18.2 Å². The third kappa shape index (κ3) is 5.36. The van der Waals surface area contributed by atoms with E-state index in [0.717, 1.165) is 4.90 Å². The number of anilines is 1. The number of barbiturate groups is 1. The molecule has 3 aromatic rings. The van der Waals surface area contributed by atoms with Crippen LogP contribution in [0.15, 0.2) is 66.2 Å². The van der Waals surface area contributed by atoms with Gasteiger partial charge < -0.3 is 9.47 Å². The van der Waals surface area contributed by atoms with E-state index in [2.05, 4.69) is 10.1 Å². The Labute approximate surface area is 216 Å². The van der Waals surface area contributed by atoms with Crippen LogP contribution in [0.4, 0.5) is 14.9 Å². The van der Waals surface area contributed by atoms with Gasteiger partial charge in [0.2, 0.25) is 0 Å². The molecule has 1 saturated heterocycles. The summed E-state index contributed by atoms with van der Waals surface area (Å²) < 4.78 is 23.7. The maximum absolute atomic E-state index is 13.6. The summed E-state index contributed by atoms with van der Waals surface area (Å²) in [6.45, 7) is 0. The summed E-state index contributed by atoms with van der Waals surface area (Å²) in [4.78, 5) is 50.7. The zero-order chi connectivity index (χ0) is 26.7. The number of halogens is 2. The number of nitrogens with one attached hydrogen (secondary N) is 1. The van der Waals surface area contributed by atoms with Gasteiger partial charge in [0.1, 0.15) is 17.1 Å². The summed E-state index contributed by atoms with van der Waals surface area (Å²) in [5.74, 6) is -2.33. The van der Waals surface area contributed by atoms with Gasteiger partial charge in [-0.3, -0.25) is 14.9 Å². The number of benzene rings is 3. The van der Waals surface area contributed by atoms with Crippen LogP contribution in [-0.4, -0.2) is 38.0 Å². The zero-order valence-corrected chi connectivity index (χ0v) is 20.5. The van der Waals surface area contributed by atoms with Crippen molar-refractivity contribution >= 4 is 47.2 Å². The Bertz CT molecular complexity index is 1450. The number of urea groups is 1.